The van der Waals surface area contributed by atoms with E-state index in [9.17, 15) is 9.59 Å². The summed E-state index contributed by atoms with van der Waals surface area (Å²) in [4.78, 5) is 24.8. The number of esters is 1. The number of nitrogens with one attached hydrogen (secondary N) is 1. The summed E-state index contributed by atoms with van der Waals surface area (Å²) >= 11 is 2.21. The molecule has 0 radical (unpaired) electrons. The maximum Gasteiger partial charge on any atom is 0.408 e. The number of alkyl carbamates (subject to hydrolysis) is 1. The Labute approximate surface area is 173 Å². The van der Waals surface area contributed by atoms with Gasteiger partial charge in [-0.1, -0.05) is 42.5 Å². The van der Waals surface area contributed by atoms with E-state index >= 15 is 0 Å². The molecule has 2 aromatic rings. The number of amides is 1. The molecule has 2 rings (SSSR count). The second kappa shape index (κ2) is 9.73. The van der Waals surface area contributed by atoms with E-state index in [4.69, 9.17) is 9.47 Å². The van der Waals surface area contributed by atoms with E-state index in [1.807, 2.05) is 54.6 Å². The minimum Gasteiger partial charge on any atom is -0.459 e. The minimum atomic E-state index is -0.832. The molecule has 0 heterocycles. The van der Waals surface area contributed by atoms with Gasteiger partial charge in [0.05, 0.1) is 0 Å². The Morgan fingerprint density at radius 2 is 1.70 bits per heavy atom. The zero-order valence-electron chi connectivity index (χ0n) is 15.7. The molecule has 0 unspecified atom stereocenters. The molecular weight excluding hydrogens is 457 g/mol. The van der Waals surface area contributed by atoms with Crippen LogP contribution in [0.3, 0.4) is 0 Å². The lowest BCUT2D eigenvalue weighted by Gasteiger charge is -2.23. The minimum absolute atomic E-state index is 0.151. The van der Waals surface area contributed by atoms with Gasteiger partial charge in [-0.3, -0.25) is 0 Å². The quantitative estimate of drug-likeness (QED) is 0.489. The van der Waals surface area contributed by atoms with Gasteiger partial charge in [0.15, 0.2) is 0 Å². The van der Waals surface area contributed by atoms with Crippen molar-refractivity contribution in [2.45, 2.75) is 45.4 Å². The van der Waals surface area contributed by atoms with Crippen molar-refractivity contribution in [1.29, 1.82) is 0 Å². The molecule has 27 heavy (non-hydrogen) atoms. The van der Waals surface area contributed by atoms with Crippen LogP contribution in [0.4, 0.5) is 4.79 Å². The van der Waals surface area contributed by atoms with Crippen LogP contribution in [0.1, 0.15) is 31.9 Å². The first kappa shape index (κ1) is 21.2. The van der Waals surface area contributed by atoms with Gasteiger partial charge >= 0.3 is 12.1 Å². The number of carbonyl (C=O) groups excluding carboxylic acids is 2. The number of benzene rings is 2. The van der Waals surface area contributed by atoms with E-state index in [-0.39, 0.29) is 6.61 Å². The molecular formula is C21H24INO4. The van der Waals surface area contributed by atoms with Gasteiger partial charge in [-0.2, -0.15) is 0 Å². The van der Waals surface area contributed by atoms with E-state index in [2.05, 4.69) is 27.9 Å². The topological polar surface area (TPSA) is 64.6 Å². The van der Waals surface area contributed by atoms with Gasteiger partial charge in [-0.25, -0.2) is 9.59 Å². The van der Waals surface area contributed by atoms with Crippen molar-refractivity contribution >= 4 is 34.7 Å². The molecule has 1 amide bonds. The third-order valence-corrected chi connectivity index (χ3v) is 4.20. The fourth-order valence-corrected chi connectivity index (χ4v) is 2.98. The van der Waals surface area contributed by atoms with Crippen molar-refractivity contribution < 1.29 is 19.1 Å². The van der Waals surface area contributed by atoms with Gasteiger partial charge in [0.2, 0.25) is 0 Å². The molecule has 0 spiro atoms. The van der Waals surface area contributed by atoms with Crippen LogP contribution in [0.5, 0.6) is 0 Å². The van der Waals surface area contributed by atoms with Crippen LogP contribution in [-0.4, -0.2) is 23.7 Å². The van der Waals surface area contributed by atoms with E-state index < -0.39 is 23.7 Å². The third kappa shape index (κ3) is 7.99. The first-order valence-electron chi connectivity index (χ1n) is 8.67. The highest BCUT2D eigenvalue weighted by atomic mass is 127. The fourth-order valence-electron chi connectivity index (χ4n) is 2.37. The molecule has 5 nitrogen and oxygen atoms in total. The second-order valence-corrected chi connectivity index (χ2v) is 8.37. The molecule has 0 aromatic heterocycles. The van der Waals surface area contributed by atoms with Gasteiger partial charge in [-0.05, 0) is 66.6 Å². The first-order chi connectivity index (χ1) is 12.7. The van der Waals surface area contributed by atoms with Crippen molar-refractivity contribution in [3.63, 3.8) is 0 Å². The average molecular weight is 481 g/mol. The van der Waals surface area contributed by atoms with Crippen LogP contribution in [0.15, 0.2) is 54.6 Å². The number of carbonyl (C=O) groups is 2. The summed E-state index contributed by atoms with van der Waals surface area (Å²) in [6.45, 7) is 5.47. The smallest absolute Gasteiger partial charge is 0.408 e. The Bertz CT molecular complexity index is 771. The lowest BCUT2D eigenvalue weighted by atomic mass is 10.1. The summed E-state index contributed by atoms with van der Waals surface area (Å²) in [5.74, 6) is -0.497. The summed E-state index contributed by atoms with van der Waals surface area (Å²) < 4.78 is 11.8. The number of halogens is 1. The van der Waals surface area contributed by atoms with Crippen LogP contribution in [0.25, 0.3) is 0 Å². The lowest BCUT2D eigenvalue weighted by Crippen LogP contribution is -2.45. The first-order valence-corrected chi connectivity index (χ1v) is 9.75. The van der Waals surface area contributed by atoms with Crippen LogP contribution in [0.2, 0.25) is 0 Å². The van der Waals surface area contributed by atoms with Crippen molar-refractivity contribution in [2.75, 3.05) is 0 Å². The molecule has 1 atom stereocenters. The summed E-state index contributed by atoms with van der Waals surface area (Å²) in [7, 11) is 0. The van der Waals surface area contributed by atoms with Crippen LogP contribution < -0.4 is 5.32 Å². The summed E-state index contributed by atoms with van der Waals surface area (Å²) in [6.07, 6.45) is -0.321. The number of hydrogen-bond donors (Lipinski definition) is 1. The average Bonchev–Trinajstić information content (AvgIpc) is 2.58. The van der Waals surface area contributed by atoms with E-state index in [0.717, 1.165) is 14.7 Å². The molecule has 0 aliphatic rings. The monoisotopic (exact) mass is 481 g/mol. The molecule has 0 bridgehead atoms. The van der Waals surface area contributed by atoms with Gasteiger partial charge in [0, 0.05) is 9.99 Å². The SMILES string of the molecule is CC(C)(C)OC(=O)N[C@@H](Cc1cccc(I)c1)C(=O)OCc1ccccc1. The third-order valence-electron chi connectivity index (χ3n) is 3.53. The van der Waals surface area contributed by atoms with Gasteiger partial charge < -0.3 is 14.8 Å². The van der Waals surface area contributed by atoms with Crippen LogP contribution in [0, 0.1) is 3.57 Å². The molecule has 144 valence electrons. The van der Waals surface area contributed by atoms with Gasteiger partial charge in [0.1, 0.15) is 18.2 Å². The normalized spacial score (nSPS) is 12.1. The lowest BCUT2D eigenvalue weighted by molar-refractivity contribution is -0.147. The zero-order valence-corrected chi connectivity index (χ0v) is 17.9. The highest BCUT2D eigenvalue weighted by Crippen LogP contribution is 2.13. The Hall–Kier alpha value is -2.09. The highest BCUT2D eigenvalue weighted by Gasteiger charge is 2.26. The fraction of sp³-hybridized carbons (Fsp3) is 0.333. The van der Waals surface area contributed by atoms with E-state index in [1.54, 1.807) is 20.8 Å². The van der Waals surface area contributed by atoms with Crippen molar-refractivity contribution in [3.8, 4) is 0 Å². The Balaban J connectivity index is 2.07. The maximum absolute atomic E-state index is 12.6. The molecule has 2 aromatic carbocycles. The molecule has 0 saturated heterocycles. The predicted octanol–water partition coefficient (Wildman–Crippen LogP) is 4.47. The highest BCUT2D eigenvalue weighted by molar-refractivity contribution is 14.1. The van der Waals surface area contributed by atoms with E-state index in [1.165, 1.54) is 0 Å². The second-order valence-electron chi connectivity index (χ2n) is 7.13. The molecule has 6 heteroatoms. The van der Waals surface area contributed by atoms with Crippen molar-refractivity contribution in [3.05, 3.63) is 69.3 Å². The van der Waals surface area contributed by atoms with Crippen LogP contribution in [-0.2, 0) is 27.3 Å². The summed E-state index contributed by atoms with van der Waals surface area (Å²) in [6, 6.07) is 16.3. The molecule has 0 aliphatic heterocycles. The van der Waals surface area contributed by atoms with Crippen LogP contribution >= 0.6 is 22.6 Å². The maximum atomic E-state index is 12.6. The molecule has 0 saturated carbocycles. The Morgan fingerprint density at radius 3 is 2.33 bits per heavy atom. The molecule has 1 N–H and O–H groups in total. The number of rotatable bonds is 6. The summed E-state index contributed by atoms with van der Waals surface area (Å²) in [5.41, 5.74) is 1.17. The number of hydrogen-bond acceptors (Lipinski definition) is 4. The molecule has 0 aliphatic carbocycles. The predicted molar refractivity (Wildman–Crippen MR) is 112 cm³/mol. The van der Waals surface area contributed by atoms with Crippen molar-refractivity contribution in [1.82, 2.24) is 5.32 Å². The van der Waals surface area contributed by atoms with E-state index in [0.29, 0.717) is 6.42 Å². The number of ether oxygens (including phenoxy) is 2. The Kier molecular flexibility index (Phi) is 7.65. The summed E-state index contributed by atoms with van der Waals surface area (Å²) in [5, 5.41) is 2.64. The Morgan fingerprint density at radius 1 is 1.04 bits per heavy atom. The van der Waals surface area contributed by atoms with Gasteiger partial charge in [-0.15, -0.1) is 0 Å². The standard InChI is InChI=1S/C21H24INO4/c1-21(2,3)27-20(25)23-18(13-16-10-7-11-17(22)12-16)19(24)26-14-15-8-5-4-6-9-15/h4-12,18H,13-14H2,1-3H3,(H,23,25)/t18-/m0/s1. The largest absolute Gasteiger partial charge is 0.459 e. The molecule has 0 fully saturated rings. The van der Waals surface area contributed by atoms with Gasteiger partial charge in [0.25, 0.3) is 0 Å². The zero-order chi connectivity index (χ0) is 19.9. The van der Waals surface area contributed by atoms with Crippen molar-refractivity contribution in [2.24, 2.45) is 0 Å².